The van der Waals surface area contributed by atoms with Crippen molar-refractivity contribution >= 4 is 29.9 Å². The molecule has 0 atom stereocenters. The second-order valence-electron chi connectivity index (χ2n) is 7.08. The highest BCUT2D eigenvalue weighted by Crippen LogP contribution is 2.39. The predicted molar refractivity (Wildman–Crippen MR) is 99.2 cm³/mol. The normalized spacial score (nSPS) is 17.9. The topological polar surface area (TPSA) is 32.4 Å². The van der Waals surface area contributed by atoms with Gasteiger partial charge in [-0.1, -0.05) is 24.3 Å². The molecule has 3 nitrogen and oxygen atoms in total. The zero-order valence-electron chi connectivity index (χ0n) is 15.6. The standard InChI is InChI=1S/C19H21NO2.BF4/c1-18(2)19(3,4)22-17(21-18)11-12-20-16-10-9-14-7-5-6-8-15(14)13-16;2-1(3,4)5/h5-13H,1-4H3;/q;-1/p+1. The molecule has 1 N–H and O–H groups in total. The van der Waals surface area contributed by atoms with E-state index in [1.807, 2.05) is 52.1 Å². The quantitative estimate of drug-likeness (QED) is 0.475. The van der Waals surface area contributed by atoms with Crippen LogP contribution in [0.5, 0.6) is 0 Å². The van der Waals surface area contributed by atoms with Gasteiger partial charge in [0.25, 0.3) is 5.95 Å². The first kappa shape index (κ1) is 20.8. The van der Waals surface area contributed by atoms with Crippen LogP contribution < -0.4 is 4.99 Å². The molecule has 0 amide bonds. The zero-order chi connectivity index (χ0) is 20.3. The molecule has 2 aromatic rings. The number of ether oxygens (including phenoxy) is 2. The Morgan fingerprint density at radius 1 is 0.852 bits per heavy atom. The molecule has 1 aliphatic rings. The Bertz CT molecular complexity index is 836. The fraction of sp³-hybridized carbons (Fsp3) is 0.316. The second kappa shape index (κ2) is 7.62. The van der Waals surface area contributed by atoms with Crippen LogP contribution in [0, 0.1) is 0 Å². The Labute approximate surface area is 155 Å². The minimum Gasteiger partial charge on any atom is -0.455 e. The van der Waals surface area contributed by atoms with Crippen LogP contribution in [-0.4, -0.2) is 24.7 Å². The van der Waals surface area contributed by atoms with Gasteiger partial charge in [-0.2, -0.15) is 0 Å². The third-order valence-electron chi connectivity index (χ3n) is 4.38. The maximum Gasteiger partial charge on any atom is 0.673 e. The van der Waals surface area contributed by atoms with Gasteiger partial charge in [0.15, 0.2) is 6.21 Å². The van der Waals surface area contributed by atoms with Crippen molar-refractivity contribution < 1.29 is 31.7 Å². The lowest BCUT2D eigenvalue weighted by molar-refractivity contribution is -0.346. The van der Waals surface area contributed by atoms with Crippen molar-refractivity contribution in [1.82, 2.24) is 0 Å². The molecule has 8 heteroatoms. The Kier molecular flexibility index (Phi) is 5.87. The summed E-state index contributed by atoms with van der Waals surface area (Å²) < 4.78 is 50.7. The molecule has 0 unspecified atom stereocenters. The Morgan fingerprint density at radius 3 is 1.93 bits per heavy atom. The van der Waals surface area contributed by atoms with Crippen LogP contribution in [0.15, 0.2) is 54.5 Å². The summed E-state index contributed by atoms with van der Waals surface area (Å²) in [7, 11) is -6.00. The highest BCUT2D eigenvalue weighted by molar-refractivity contribution is 6.50. The van der Waals surface area contributed by atoms with E-state index < -0.39 is 7.25 Å². The van der Waals surface area contributed by atoms with Crippen LogP contribution in [0.25, 0.3) is 10.8 Å². The Hall–Kier alpha value is -2.51. The summed E-state index contributed by atoms with van der Waals surface area (Å²) in [5.41, 5.74) is 0.359. The molecule has 1 aliphatic heterocycles. The lowest BCUT2D eigenvalue weighted by Gasteiger charge is -2.28. The molecule has 1 fully saturated rings. The number of allylic oxidation sites excluding steroid dienone is 1. The molecule has 0 aliphatic carbocycles. The van der Waals surface area contributed by atoms with Crippen LogP contribution in [-0.2, 0) is 9.47 Å². The average Bonchev–Trinajstić information content (AvgIpc) is 2.73. The maximum atomic E-state index is 9.75. The fourth-order valence-electron chi connectivity index (χ4n) is 2.32. The summed E-state index contributed by atoms with van der Waals surface area (Å²) in [6.45, 7) is 8.13. The van der Waals surface area contributed by atoms with E-state index in [0.717, 1.165) is 5.69 Å². The summed E-state index contributed by atoms with van der Waals surface area (Å²) in [6, 6.07) is 14.6. The van der Waals surface area contributed by atoms with Gasteiger partial charge in [0.2, 0.25) is 5.69 Å². The molecular formula is C19H22BF4NO2. The zero-order valence-corrected chi connectivity index (χ0v) is 15.6. The molecule has 1 saturated heterocycles. The SMILES string of the molecule is CC1(C)OC(=CC=[NH+]c2ccc3ccccc3c2)OC1(C)C.F[B-](F)(F)F. The molecule has 27 heavy (non-hydrogen) atoms. The van der Waals surface area contributed by atoms with E-state index in [4.69, 9.17) is 9.47 Å². The van der Waals surface area contributed by atoms with Crippen molar-refractivity contribution in [2.75, 3.05) is 0 Å². The summed E-state index contributed by atoms with van der Waals surface area (Å²) in [6.07, 6.45) is 3.67. The molecule has 1 heterocycles. The second-order valence-corrected chi connectivity index (χ2v) is 7.08. The third-order valence-corrected chi connectivity index (χ3v) is 4.38. The number of halogens is 4. The van der Waals surface area contributed by atoms with Gasteiger partial charge in [-0.3, -0.25) is 0 Å². The number of nitrogens with one attached hydrogen (secondary N) is 1. The number of rotatable bonds is 2. The van der Waals surface area contributed by atoms with E-state index in [-0.39, 0.29) is 11.2 Å². The molecule has 2 aromatic carbocycles. The lowest BCUT2D eigenvalue weighted by Crippen LogP contribution is -2.61. The first-order valence-corrected chi connectivity index (χ1v) is 8.42. The van der Waals surface area contributed by atoms with E-state index in [2.05, 4.69) is 35.3 Å². The monoisotopic (exact) mass is 383 g/mol. The van der Waals surface area contributed by atoms with Gasteiger partial charge in [0.05, 0.1) is 6.08 Å². The third kappa shape index (κ3) is 6.01. The van der Waals surface area contributed by atoms with E-state index in [0.29, 0.717) is 5.95 Å². The van der Waals surface area contributed by atoms with Crippen LogP contribution >= 0.6 is 0 Å². The Balaban J connectivity index is 0.000000465. The van der Waals surface area contributed by atoms with Crippen LogP contribution in [0.1, 0.15) is 27.7 Å². The van der Waals surface area contributed by atoms with Gasteiger partial charge in [0.1, 0.15) is 11.2 Å². The van der Waals surface area contributed by atoms with Crippen LogP contribution in [0.4, 0.5) is 23.0 Å². The van der Waals surface area contributed by atoms with Crippen LogP contribution in [0.2, 0.25) is 0 Å². The molecule has 0 radical (unpaired) electrons. The van der Waals surface area contributed by atoms with Crippen molar-refractivity contribution in [3.05, 3.63) is 54.5 Å². The minimum atomic E-state index is -6.00. The van der Waals surface area contributed by atoms with E-state index >= 15 is 0 Å². The average molecular weight is 383 g/mol. The summed E-state index contributed by atoms with van der Waals surface area (Å²) in [4.78, 5) is 3.26. The van der Waals surface area contributed by atoms with E-state index in [1.165, 1.54) is 10.8 Å². The maximum absolute atomic E-state index is 9.75. The van der Waals surface area contributed by atoms with Crippen molar-refractivity contribution in [3.8, 4) is 0 Å². The highest BCUT2D eigenvalue weighted by atomic mass is 19.5. The summed E-state index contributed by atoms with van der Waals surface area (Å²) in [5.74, 6) is 0.545. The van der Waals surface area contributed by atoms with Gasteiger partial charge < -0.3 is 26.7 Å². The fourth-order valence-corrected chi connectivity index (χ4v) is 2.32. The number of hydrogen-bond acceptors (Lipinski definition) is 2. The molecule has 0 aromatic heterocycles. The highest BCUT2D eigenvalue weighted by Gasteiger charge is 2.48. The van der Waals surface area contributed by atoms with Gasteiger partial charge in [0, 0.05) is 12.1 Å². The summed E-state index contributed by atoms with van der Waals surface area (Å²) in [5, 5.41) is 2.45. The van der Waals surface area contributed by atoms with Gasteiger partial charge in [-0.25, -0.2) is 4.99 Å². The van der Waals surface area contributed by atoms with Crippen molar-refractivity contribution in [1.29, 1.82) is 0 Å². The number of fused-ring (bicyclic) bond motifs is 1. The molecule has 0 spiro atoms. The molecule has 0 bridgehead atoms. The van der Waals surface area contributed by atoms with E-state index in [9.17, 15) is 17.3 Å². The van der Waals surface area contributed by atoms with Crippen molar-refractivity contribution in [3.63, 3.8) is 0 Å². The first-order chi connectivity index (χ1) is 12.4. The predicted octanol–water partition coefficient (Wildman–Crippen LogP) is 4.37. The largest absolute Gasteiger partial charge is 0.673 e. The van der Waals surface area contributed by atoms with Crippen molar-refractivity contribution in [2.24, 2.45) is 0 Å². The number of hydrogen-bond donors (Lipinski definition) is 1. The molecule has 0 saturated carbocycles. The number of benzene rings is 2. The van der Waals surface area contributed by atoms with Gasteiger partial charge in [-0.05, 0) is 44.5 Å². The van der Waals surface area contributed by atoms with Crippen molar-refractivity contribution in [2.45, 2.75) is 38.9 Å². The van der Waals surface area contributed by atoms with Gasteiger partial charge >= 0.3 is 7.25 Å². The van der Waals surface area contributed by atoms with Gasteiger partial charge in [-0.15, -0.1) is 0 Å². The molecule has 146 valence electrons. The molecule has 3 rings (SSSR count). The smallest absolute Gasteiger partial charge is 0.455 e. The minimum absolute atomic E-state index is 0.338. The molecular weight excluding hydrogens is 361 g/mol. The van der Waals surface area contributed by atoms with Crippen LogP contribution in [0.3, 0.4) is 0 Å². The lowest BCUT2D eigenvalue weighted by atomic mass is 9.90. The first-order valence-electron chi connectivity index (χ1n) is 8.42. The Morgan fingerprint density at radius 2 is 1.37 bits per heavy atom. The van der Waals surface area contributed by atoms with E-state index in [1.54, 1.807) is 0 Å². The summed E-state index contributed by atoms with van der Waals surface area (Å²) >= 11 is 0.